The van der Waals surface area contributed by atoms with Crippen LogP contribution in [0.4, 0.5) is 5.13 Å². The molecule has 4 nitrogen and oxygen atoms in total. The number of Topliss-reactive ketones (excluding diaryl/α,β-unsaturated/α-hetero) is 1. The van der Waals surface area contributed by atoms with E-state index in [-0.39, 0.29) is 5.78 Å². The van der Waals surface area contributed by atoms with Crippen molar-refractivity contribution in [3.8, 4) is 0 Å². The van der Waals surface area contributed by atoms with Crippen molar-refractivity contribution in [2.24, 2.45) is 5.92 Å². The highest BCUT2D eigenvalue weighted by molar-refractivity contribution is 7.16. The van der Waals surface area contributed by atoms with Crippen molar-refractivity contribution in [2.45, 2.75) is 32.1 Å². The highest BCUT2D eigenvalue weighted by atomic mass is 32.1. The van der Waals surface area contributed by atoms with E-state index in [1.54, 1.807) is 11.3 Å². The van der Waals surface area contributed by atoms with E-state index < -0.39 is 0 Å². The number of thiazole rings is 1. The summed E-state index contributed by atoms with van der Waals surface area (Å²) >= 11 is 1.74. The molecule has 2 aliphatic rings. The van der Waals surface area contributed by atoms with Crippen LogP contribution in [0.3, 0.4) is 0 Å². The maximum Gasteiger partial charge on any atom is 0.186 e. The van der Waals surface area contributed by atoms with Gasteiger partial charge in [-0.15, -0.1) is 11.3 Å². The van der Waals surface area contributed by atoms with E-state index in [0.717, 1.165) is 42.7 Å². The van der Waals surface area contributed by atoms with Gasteiger partial charge in [-0.1, -0.05) is 0 Å². The number of hydrogen-bond donors (Lipinski definition) is 0. The Morgan fingerprint density at radius 3 is 2.70 bits per heavy atom. The SMILES string of the molecule is CN(C)CC1CCN(c2nc3c(s2)CCCC3=O)CC1. The molecular weight excluding hydrogens is 270 g/mol. The number of fused-ring (bicyclic) bond motifs is 1. The van der Waals surface area contributed by atoms with Gasteiger partial charge in [0.25, 0.3) is 0 Å². The fraction of sp³-hybridized carbons (Fsp3) is 0.733. The maximum absolute atomic E-state index is 11.9. The Bertz CT molecular complexity index is 489. The third kappa shape index (κ3) is 2.88. The van der Waals surface area contributed by atoms with E-state index in [1.807, 2.05) is 0 Å². The smallest absolute Gasteiger partial charge is 0.186 e. The van der Waals surface area contributed by atoms with Crippen LogP contribution >= 0.6 is 11.3 Å². The first-order chi connectivity index (χ1) is 9.63. The molecule has 1 aliphatic heterocycles. The summed E-state index contributed by atoms with van der Waals surface area (Å²) in [6.45, 7) is 3.35. The minimum absolute atomic E-state index is 0.247. The molecule has 0 N–H and O–H groups in total. The number of carbonyl (C=O) groups is 1. The van der Waals surface area contributed by atoms with Gasteiger partial charge in [-0.05, 0) is 45.7 Å². The van der Waals surface area contributed by atoms with Crippen LogP contribution in [0.2, 0.25) is 0 Å². The van der Waals surface area contributed by atoms with Crippen LogP contribution < -0.4 is 4.90 Å². The van der Waals surface area contributed by atoms with Crippen molar-refractivity contribution in [2.75, 3.05) is 38.6 Å². The number of aryl methyl sites for hydroxylation is 1. The molecule has 0 saturated carbocycles. The van der Waals surface area contributed by atoms with E-state index in [0.29, 0.717) is 6.42 Å². The van der Waals surface area contributed by atoms with Gasteiger partial charge in [0.15, 0.2) is 10.9 Å². The zero-order chi connectivity index (χ0) is 14.1. The molecule has 0 bridgehead atoms. The average Bonchev–Trinajstić information content (AvgIpc) is 2.84. The Hall–Kier alpha value is -0.940. The summed E-state index contributed by atoms with van der Waals surface area (Å²) < 4.78 is 0. The van der Waals surface area contributed by atoms with Gasteiger partial charge in [-0.2, -0.15) is 0 Å². The second-order valence-electron chi connectivity index (χ2n) is 6.24. The Kier molecular flexibility index (Phi) is 4.08. The monoisotopic (exact) mass is 293 g/mol. The number of carbonyl (C=O) groups excluding carboxylic acids is 1. The van der Waals surface area contributed by atoms with Gasteiger partial charge in [0.1, 0.15) is 5.69 Å². The lowest BCUT2D eigenvalue weighted by Crippen LogP contribution is -2.37. The Morgan fingerprint density at radius 2 is 2.05 bits per heavy atom. The zero-order valence-electron chi connectivity index (χ0n) is 12.4. The molecule has 1 aromatic rings. The Morgan fingerprint density at radius 1 is 1.30 bits per heavy atom. The van der Waals surface area contributed by atoms with Crippen molar-refractivity contribution >= 4 is 22.3 Å². The molecule has 110 valence electrons. The number of ketones is 1. The van der Waals surface area contributed by atoms with Crippen LogP contribution in [0, 0.1) is 5.92 Å². The summed E-state index contributed by atoms with van der Waals surface area (Å²) in [6, 6.07) is 0. The number of piperidine rings is 1. The molecule has 0 amide bonds. The molecule has 0 unspecified atom stereocenters. The van der Waals surface area contributed by atoms with Gasteiger partial charge in [-0.3, -0.25) is 4.79 Å². The minimum Gasteiger partial charge on any atom is -0.348 e. The number of nitrogens with zero attached hydrogens (tertiary/aromatic N) is 3. The normalized spacial score (nSPS) is 20.6. The van der Waals surface area contributed by atoms with E-state index >= 15 is 0 Å². The van der Waals surface area contributed by atoms with Crippen molar-refractivity contribution < 1.29 is 4.79 Å². The molecule has 0 aromatic carbocycles. The van der Waals surface area contributed by atoms with Crippen molar-refractivity contribution in [3.05, 3.63) is 10.6 Å². The van der Waals surface area contributed by atoms with Gasteiger partial charge in [-0.25, -0.2) is 4.98 Å². The first kappa shape index (κ1) is 14.0. The third-order valence-corrected chi connectivity index (χ3v) is 5.44. The van der Waals surface area contributed by atoms with Crippen LogP contribution in [0.25, 0.3) is 0 Å². The molecular formula is C15H23N3OS. The van der Waals surface area contributed by atoms with E-state index in [9.17, 15) is 4.79 Å². The largest absolute Gasteiger partial charge is 0.348 e. The molecule has 0 spiro atoms. The van der Waals surface area contributed by atoms with Crippen molar-refractivity contribution in [1.29, 1.82) is 0 Å². The van der Waals surface area contributed by atoms with Crippen LogP contribution in [-0.4, -0.2) is 49.4 Å². The predicted molar refractivity (Wildman–Crippen MR) is 82.9 cm³/mol. The predicted octanol–water partition coefficient (Wildman–Crippen LogP) is 2.44. The molecule has 20 heavy (non-hydrogen) atoms. The first-order valence-electron chi connectivity index (χ1n) is 7.56. The standard InChI is InChI=1S/C15H23N3OS/c1-17(2)10-11-6-8-18(9-7-11)15-16-14-12(19)4-3-5-13(14)20-15/h11H,3-10H2,1-2H3. The lowest BCUT2D eigenvalue weighted by Gasteiger charge is -2.32. The summed E-state index contributed by atoms with van der Waals surface area (Å²) in [5.41, 5.74) is 0.770. The van der Waals surface area contributed by atoms with Crippen molar-refractivity contribution in [3.63, 3.8) is 0 Å². The molecule has 2 heterocycles. The van der Waals surface area contributed by atoms with Gasteiger partial charge in [0.2, 0.25) is 0 Å². The van der Waals surface area contributed by atoms with Crippen LogP contribution in [-0.2, 0) is 6.42 Å². The quantitative estimate of drug-likeness (QED) is 0.857. The summed E-state index contributed by atoms with van der Waals surface area (Å²) in [5.74, 6) is 1.05. The molecule has 1 aromatic heterocycles. The third-order valence-electron chi connectivity index (χ3n) is 4.27. The van der Waals surface area contributed by atoms with E-state index in [4.69, 9.17) is 0 Å². The maximum atomic E-state index is 11.9. The fourth-order valence-electron chi connectivity index (χ4n) is 3.21. The van der Waals surface area contributed by atoms with Gasteiger partial charge < -0.3 is 9.80 Å². The fourth-order valence-corrected chi connectivity index (χ4v) is 4.38. The summed E-state index contributed by atoms with van der Waals surface area (Å²) in [5, 5.41) is 1.08. The molecule has 5 heteroatoms. The summed E-state index contributed by atoms with van der Waals surface area (Å²) in [6.07, 6.45) is 5.18. The van der Waals surface area contributed by atoms with Gasteiger partial charge in [0.05, 0.1) is 0 Å². The highest BCUT2D eigenvalue weighted by Crippen LogP contribution is 2.33. The summed E-state index contributed by atoms with van der Waals surface area (Å²) in [4.78, 5) is 22.4. The zero-order valence-corrected chi connectivity index (χ0v) is 13.2. The number of hydrogen-bond acceptors (Lipinski definition) is 5. The second-order valence-corrected chi connectivity index (χ2v) is 7.30. The minimum atomic E-state index is 0.247. The van der Waals surface area contributed by atoms with Crippen LogP contribution in [0.15, 0.2) is 0 Å². The number of aromatic nitrogens is 1. The molecule has 3 rings (SSSR count). The molecule has 1 fully saturated rings. The number of rotatable bonds is 3. The van der Waals surface area contributed by atoms with E-state index in [1.165, 1.54) is 24.3 Å². The summed E-state index contributed by atoms with van der Waals surface area (Å²) in [7, 11) is 4.29. The lowest BCUT2D eigenvalue weighted by atomic mass is 9.97. The molecule has 1 saturated heterocycles. The molecule has 1 aliphatic carbocycles. The second kappa shape index (κ2) is 5.82. The van der Waals surface area contributed by atoms with Crippen LogP contribution in [0.5, 0.6) is 0 Å². The average molecular weight is 293 g/mol. The van der Waals surface area contributed by atoms with Crippen molar-refractivity contribution in [1.82, 2.24) is 9.88 Å². The van der Waals surface area contributed by atoms with E-state index in [2.05, 4.69) is 28.9 Å². The molecule has 0 atom stereocenters. The molecule has 0 radical (unpaired) electrons. The Balaban J connectivity index is 1.65. The van der Waals surface area contributed by atoms with Gasteiger partial charge >= 0.3 is 0 Å². The Labute approximate surface area is 124 Å². The van der Waals surface area contributed by atoms with Gasteiger partial charge in [0, 0.05) is 30.9 Å². The highest BCUT2D eigenvalue weighted by Gasteiger charge is 2.26. The lowest BCUT2D eigenvalue weighted by molar-refractivity contribution is 0.0968. The topological polar surface area (TPSA) is 36.4 Å². The first-order valence-corrected chi connectivity index (χ1v) is 8.37. The van der Waals surface area contributed by atoms with Crippen LogP contribution in [0.1, 0.15) is 41.0 Å². The number of anilines is 1.